The first kappa shape index (κ1) is 16.3. The van der Waals surface area contributed by atoms with Gasteiger partial charge in [0.2, 0.25) is 10.0 Å². The van der Waals surface area contributed by atoms with Gasteiger partial charge >= 0.3 is 0 Å². The number of likely N-dealkylation sites (tertiary alicyclic amines) is 1. The van der Waals surface area contributed by atoms with Crippen LogP contribution in [0.4, 0.5) is 5.69 Å². The van der Waals surface area contributed by atoms with E-state index in [1.54, 1.807) is 19.2 Å². The highest BCUT2D eigenvalue weighted by atomic mass is 32.2. The van der Waals surface area contributed by atoms with E-state index in [0.717, 1.165) is 31.9 Å². The van der Waals surface area contributed by atoms with Crippen LogP contribution in [0.15, 0.2) is 29.2 Å². The second-order valence-electron chi connectivity index (χ2n) is 5.43. The second kappa shape index (κ2) is 7.24. The van der Waals surface area contributed by atoms with Crippen LogP contribution < -0.4 is 5.32 Å². The molecule has 0 unspecified atom stereocenters. The Hall–Kier alpha value is -1.11. The fraction of sp³-hybridized carbons (Fsp3) is 0.600. The van der Waals surface area contributed by atoms with Crippen molar-refractivity contribution in [3.63, 3.8) is 0 Å². The zero-order valence-electron chi connectivity index (χ0n) is 12.9. The summed E-state index contributed by atoms with van der Waals surface area (Å²) in [6, 6.07) is 6.95. The molecule has 0 radical (unpaired) electrons. The molecule has 0 spiro atoms. The van der Waals surface area contributed by atoms with Gasteiger partial charge in [0.15, 0.2) is 0 Å². The van der Waals surface area contributed by atoms with Gasteiger partial charge in [-0.2, -0.15) is 4.31 Å². The quantitative estimate of drug-likeness (QED) is 0.835. The Bertz CT molecular complexity index is 537. The van der Waals surface area contributed by atoms with E-state index in [9.17, 15) is 8.42 Å². The highest BCUT2D eigenvalue weighted by molar-refractivity contribution is 7.89. The zero-order valence-corrected chi connectivity index (χ0v) is 13.7. The van der Waals surface area contributed by atoms with Crippen LogP contribution in [0.25, 0.3) is 0 Å². The summed E-state index contributed by atoms with van der Waals surface area (Å²) in [7, 11) is -1.73. The van der Waals surface area contributed by atoms with Crippen LogP contribution in [0.3, 0.4) is 0 Å². The molecule has 0 saturated carbocycles. The molecule has 21 heavy (non-hydrogen) atoms. The van der Waals surface area contributed by atoms with Crippen molar-refractivity contribution in [1.82, 2.24) is 9.21 Å². The van der Waals surface area contributed by atoms with E-state index in [1.165, 1.54) is 17.1 Å². The molecule has 6 heteroatoms. The Balaban J connectivity index is 1.98. The van der Waals surface area contributed by atoms with Crippen molar-refractivity contribution in [2.45, 2.75) is 24.7 Å². The predicted molar refractivity (Wildman–Crippen MR) is 86.1 cm³/mol. The van der Waals surface area contributed by atoms with E-state index in [4.69, 9.17) is 0 Å². The molecule has 5 nitrogen and oxygen atoms in total. The number of benzene rings is 1. The number of hydrogen-bond acceptors (Lipinski definition) is 4. The van der Waals surface area contributed by atoms with E-state index < -0.39 is 10.0 Å². The number of nitrogens with zero attached hydrogens (tertiary/aromatic N) is 2. The van der Waals surface area contributed by atoms with E-state index >= 15 is 0 Å². The maximum Gasteiger partial charge on any atom is 0.242 e. The van der Waals surface area contributed by atoms with Gasteiger partial charge in [-0.1, -0.05) is 0 Å². The molecule has 1 aromatic rings. The normalized spacial score (nSPS) is 16.5. The van der Waals surface area contributed by atoms with E-state index in [-0.39, 0.29) is 0 Å². The number of rotatable bonds is 7. The van der Waals surface area contributed by atoms with Gasteiger partial charge in [0.1, 0.15) is 0 Å². The summed E-state index contributed by atoms with van der Waals surface area (Å²) < 4.78 is 26.4. The van der Waals surface area contributed by atoms with Gasteiger partial charge in [-0.25, -0.2) is 8.42 Å². The third-order valence-electron chi connectivity index (χ3n) is 3.87. The molecule has 0 atom stereocenters. The molecule has 0 aliphatic carbocycles. The smallest absolute Gasteiger partial charge is 0.242 e. The number of nitrogens with one attached hydrogen (secondary N) is 1. The molecule has 1 N–H and O–H groups in total. The summed E-state index contributed by atoms with van der Waals surface area (Å²) in [6.45, 7) is 6.36. The average Bonchev–Trinajstić information content (AvgIpc) is 2.99. The van der Waals surface area contributed by atoms with Crippen molar-refractivity contribution >= 4 is 15.7 Å². The molecule has 1 saturated heterocycles. The molecular weight excluding hydrogens is 286 g/mol. The molecule has 1 fully saturated rings. The highest BCUT2D eigenvalue weighted by Crippen LogP contribution is 2.17. The lowest BCUT2D eigenvalue weighted by Crippen LogP contribution is -2.35. The Morgan fingerprint density at radius 3 is 2.38 bits per heavy atom. The summed E-state index contributed by atoms with van der Waals surface area (Å²) in [6.07, 6.45) is 2.45. The number of likely N-dealkylation sites (N-methyl/N-ethyl adjacent to an activating group) is 1. The molecule has 0 amide bonds. The van der Waals surface area contributed by atoms with Crippen LogP contribution >= 0.6 is 0 Å². The number of sulfonamides is 1. The molecule has 118 valence electrons. The van der Waals surface area contributed by atoms with Crippen LogP contribution in [0, 0.1) is 0 Å². The minimum atomic E-state index is -3.38. The van der Waals surface area contributed by atoms with Gasteiger partial charge < -0.3 is 10.2 Å². The monoisotopic (exact) mass is 311 g/mol. The van der Waals surface area contributed by atoms with Gasteiger partial charge in [0.25, 0.3) is 0 Å². The fourth-order valence-electron chi connectivity index (χ4n) is 2.54. The number of hydrogen-bond donors (Lipinski definition) is 1. The van der Waals surface area contributed by atoms with Crippen molar-refractivity contribution < 1.29 is 8.42 Å². The molecule has 2 rings (SSSR count). The maximum atomic E-state index is 12.5. The first-order valence-corrected chi connectivity index (χ1v) is 9.00. The van der Waals surface area contributed by atoms with E-state index in [2.05, 4.69) is 10.2 Å². The van der Waals surface area contributed by atoms with E-state index in [1.807, 2.05) is 19.1 Å². The first-order valence-electron chi connectivity index (χ1n) is 7.56. The summed E-state index contributed by atoms with van der Waals surface area (Å²) in [5.41, 5.74) is 0.941. The summed E-state index contributed by atoms with van der Waals surface area (Å²) >= 11 is 0. The van der Waals surface area contributed by atoms with Crippen molar-refractivity contribution in [3.8, 4) is 0 Å². The van der Waals surface area contributed by atoms with Gasteiger partial charge in [-0.05, 0) is 57.1 Å². The standard InChI is InChI=1S/C15H25N3O2S/c1-3-16-14-6-8-15(9-7-14)21(19,20)17(2)12-13-18-10-4-5-11-18/h6-9,16H,3-5,10-13H2,1-2H3. The van der Waals surface area contributed by atoms with Crippen LogP contribution in [0.2, 0.25) is 0 Å². The van der Waals surface area contributed by atoms with Crippen molar-refractivity contribution in [1.29, 1.82) is 0 Å². The molecule has 0 bridgehead atoms. The van der Waals surface area contributed by atoms with Crippen molar-refractivity contribution in [3.05, 3.63) is 24.3 Å². The minimum absolute atomic E-state index is 0.355. The minimum Gasteiger partial charge on any atom is -0.385 e. The Morgan fingerprint density at radius 2 is 1.81 bits per heavy atom. The summed E-state index contributed by atoms with van der Waals surface area (Å²) in [5.74, 6) is 0. The summed E-state index contributed by atoms with van der Waals surface area (Å²) in [5, 5.41) is 3.16. The van der Waals surface area contributed by atoms with Gasteiger partial charge in [0.05, 0.1) is 4.90 Å². The molecule has 0 aromatic heterocycles. The SMILES string of the molecule is CCNc1ccc(S(=O)(=O)N(C)CCN2CCCC2)cc1. The van der Waals surface area contributed by atoms with Crippen LogP contribution in [-0.2, 0) is 10.0 Å². The topological polar surface area (TPSA) is 52.7 Å². The zero-order chi connectivity index (χ0) is 15.3. The van der Waals surface area contributed by atoms with E-state index in [0.29, 0.717) is 11.4 Å². The van der Waals surface area contributed by atoms with Crippen LogP contribution in [0.5, 0.6) is 0 Å². The van der Waals surface area contributed by atoms with Gasteiger partial charge in [-0.3, -0.25) is 0 Å². The Kier molecular flexibility index (Phi) is 5.61. The Labute approximate surface area is 128 Å². The lowest BCUT2D eigenvalue weighted by molar-refractivity contribution is 0.310. The molecule has 1 aromatic carbocycles. The van der Waals surface area contributed by atoms with Crippen molar-refractivity contribution in [2.24, 2.45) is 0 Å². The average molecular weight is 311 g/mol. The largest absolute Gasteiger partial charge is 0.385 e. The lowest BCUT2D eigenvalue weighted by Gasteiger charge is -2.21. The molecule has 1 aliphatic heterocycles. The molecular formula is C15H25N3O2S. The molecule has 1 aliphatic rings. The molecule has 1 heterocycles. The lowest BCUT2D eigenvalue weighted by atomic mass is 10.3. The highest BCUT2D eigenvalue weighted by Gasteiger charge is 2.21. The second-order valence-corrected chi connectivity index (χ2v) is 7.47. The van der Waals surface area contributed by atoms with Crippen LogP contribution in [0.1, 0.15) is 19.8 Å². The van der Waals surface area contributed by atoms with Crippen molar-refractivity contribution in [2.75, 3.05) is 45.1 Å². The summed E-state index contributed by atoms with van der Waals surface area (Å²) in [4.78, 5) is 2.67. The fourth-order valence-corrected chi connectivity index (χ4v) is 3.70. The Morgan fingerprint density at radius 1 is 1.19 bits per heavy atom. The number of anilines is 1. The maximum absolute atomic E-state index is 12.5. The predicted octanol–water partition coefficient (Wildman–Crippen LogP) is 1.83. The van der Waals surface area contributed by atoms with Crippen LogP contribution in [-0.4, -0.2) is 57.4 Å². The third-order valence-corrected chi connectivity index (χ3v) is 5.74. The third kappa shape index (κ3) is 4.18. The first-order chi connectivity index (χ1) is 10.0. The van der Waals surface area contributed by atoms with Gasteiger partial charge in [0, 0.05) is 32.4 Å². The van der Waals surface area contributed by atoms with Gasteiger partial charge in [-0.15, -0.1) is 0 Å².